The summed E-state index contributed by atoms with van der Waals surface area (Å²) in [4.78, 5) is 11.9. The largest absolute Gasteiger partial charge is 0.357 e. The van der Waals surface area contributed by atoms with E-state index in [0.717, 1.165) is 37.0 Å². The highest BCUT2D eigenvalue weighted by molar-refractivity contribution is 6.30. The van der Waals surface area contributed by atoms with Crippen molar-refractivity contribution >= 4 is 17.6 Å². The molecule has 0 amide bonds. The number of halogens is 1. The standard InChI is InChI=1S/C19H35ClN6/c1-5-21-19(25(4)16-18-14-17(20)15-24(18)3)22-8-6-7-9-26-12-10-23(2)11-13-26/h14-15H,5-13,16H2,1-4H3,(H,21,22). The molecule has 26 heavy (non-hydrogen) atoms. The molecule has 1 aromatic rings. The molecule has 2 rings (SSSR count). The monoisotopic (exact) mass is 382 g/mol. The number of hydrogen-bond acceptors (Lipinski definition) is 3. The van der Waals surface area contributed by atoms with Crippen molar-refractivity contribution in [3.05, 3.63) is 23.0 Å². The summed E-state index contributed by atoms with van der Waals surface area (Å²) in [7, 11) is 6.30. The molecule has 2 heterocycles. The van der Waals surface area contributed by atoms with Crippen LogP contribution in [0.2, 0.25) is 5.02 Å². The van der Waals surface area contributed by atoms with Crippen molar-refractivity contribution in [1.29, 1.82) is 0 Å². The number of nitrogens with one attached hydrogen (secondary N) is 1. The van der Waals surface area contributed by atoms with E-state index in [4.69, 9.17) is 16.6 Å². The first-order chi connectivity index (χ1) is 12.5. The van der Waals surface area contributed by atoms with Gasteiger partial charge in [-0.25, -0.2) is 0 Å². The number of unbranched alkanes of at least 4 members (excludes halogenated alkanes) is 1. The maximum Gasteiger partial charge on any atom is 0.194 e. The van der Waals surface area contributed by atoms with Crippen LogP contribution in [0.1, 0.15) is 25.5 Å². The second kappa shape index (κ2) is 10.8. The van der Waals surface area contributed by atoms with Crippen LogP contribution < -0.4 is 5.32 Å². The predicted molar refractivity (Wildman–Crippen MR) is 111 cm³/mol. The number of piperazine rings is 1. The van der Waals surface area contributed by atoms with Crippen LogP contribution in [-0.2, 0) is 13.6 Å². The van der Waals surface area contributed by atoms with Crippen LogP contribution in [0.5, 0.6) is 0 Å². The van der Waals surface area contributed by atoms with Gasteiger partial charge in [0.2, 0.25) is 0 Å². The highest BCUT2D eigenvalue weighted by Gasteiger charge is 2.13. The van der Waals surface area contributed by atoms with Gasteiger partial charge in [0.05, 0.1) is 11.6 Å². The number of aryl methyl sites for hydroxylation is 1. The molecule has 0 unspecified atom stereocenters. The molecule has 1 aliphatic heterocycles. The second-order valence-corrected chi connectivity index (χ2v) is 7.64. The maximum absolute atomic E-state index is 6.09. The fraction of sp³-hybridized carbons (Fsp3) is 0.737. The lowest BCUT2D eigenvalue weighted by molar-refractivity contribution is 0.152. The number of rotatable bonds is 8. The molecule has 0 radical (unpaired) electrons. The van der Waals surface area contributed by atoms with Gasteiger partial charge in [0.1, 0.15) is 0 Å². The highest BCUT2D eigenvalue weighted by Crippen LogP contribution is 2.14. The average molecular weight is 383 g/mol. The molecule has 0 atom stereocenters. The Balaban J connectivity index is 1.75. The number of aliphatic imine (C=N–C) groups is 1. The minimum absolute atomic E-state index is 0.779. The molecular formula is C19H35ClN6. The molecule has 1 N–H and O–H groups in total. The lowest BCUT2D eigenvalue weighted by Crippen LogP contribution is -2.44. The zero-order valence-electron chi connectivity index (χ0n) is 16.8. The Kier molecular flexibility index (Phi) is 8.75. The Bertz CT molecular complexity index is 562. The summed E-state index contributed by atoms with van der Waals surface area (Å²) in [6, 6.07) is 2.01. The molecule has 0 aromatic carbocycles. The van der Waals surface area contributed by atoms with Gasteiger partial charge < -0.3 is 24.6 Å². The number of aromatic nitrogens is 1. The molecule has 0 aliphatic carbocycles. The lowest BCUT2D eigenvalue weighted by atomic mass is 10.2. The molecule has 1 saturated heterocycles. The van der Waals surface area contributed by atoms with Crippen molar-refractivity contribution in [3.63, 3.8) is 0 Å². The molecule has 0 spiro atoms. The quantitative estimate of drug-likeness (QED) is 0.424. The fourth-order valence-corrected chi connectivity index (χ4v) is 3.49. The van der Waals surface area contributed by atoms with Gasteiger partial charge in [-0.15, -0.1) is 0 Å². The Morgan fingerprint density at radius 3 is 2.58 bits per heavy atom. The first-order valence-corrected chi connectivity index (χ1v) is 10.1. The number of guanidine groups is 1. The van der Waals surface area contributed by atoms with E-state index in [1.807, 2.05) is 19.3 Å². The van der Waals surface area contributed by atoms with Crippen molar-refractivity contribution in [1.82, 2.24) is 24.6 Å². The van der Waals surface area contributed by atoms with Gasteiger partial charge in [-0.2, -0.15) is 0 Å². The minimum atomic E-state index is 0.779. The predicted octanol–water partition coefficient (Wildman–Crippen LogP) is 2.10. The molecule has 1 fully saturated rings. The lowest BCUT2D eigenvalue weighted by Gasteiger charge is -2.32. The number of hydrogen-bond donors (Lipinski definition) is 1. The summed E-state index contributed by atoms with van der Waals surface area (Å²) in [6.07, 6.45) is 4.28. The molecule has 7 heteroatoms. The third-order valence-electron chi connectivity index (χ3n) is 4.91. The van der Waals surface area contributed by atoms with E-state index in [9.17, 15) is 0 Å². The number of nitrogens with zero attached hydrogens (tertiary/aromatic N) is 5. The van der Waals surface area contributed by atoms with Gasteiger partial charge in [0, 0.05) is 65.3 Å². The van der Waals surface area contributed by atoms with Gasteiger partial charge in [0.25, 0.3) is 0 Å². The summed E-state index contributed by atoms with van der Waals surface area (Å²) in [6.45, 7) is 10.6. The van der Waals surface area contributed by atoms with Crippen LogP contribution >= 0.6 is 11.6 Å². The molecule has 0 saturated carbocycles. The molecule has 6 nitrogen and oxygen atoms in total. The van der Waals surface area contributed by atoms with Crippen LogP contribution in [-0.4, -0.2) is 85.1 Å². The highest BCUT2D eigenvalue weighted by atomic mass is 35.5. The normalized spacial score (nSPS) is 16.9. The zero-order valence-corrected chi connectivity index (χ0v) is 17.6. The summed E-state index contributed by atoms with van der Waals surface area (Å²) >= 11 is 6.09. The summed E-state index contributed by atoms with van der Waals surface area (Å²) in [5.41, 5.74) is 1.18. The first kappa shape index (κ1) is 21.1. The van der Waals surface area contributed by atoms with Crippen LogP contribution in [0.3, 0.4) is 0 Å². The number of likely N-dealkylation sites (N-methyl/N-ethyl adjacent to an activating group) is 1. The second-order valence-electron chi connectivity index (χ2n) is 7.20. The van der Waals surface area contributed by atoms with E-state index in [-0.39, 0.29) is 0 Å². The van der Waals surface area contributed by atoms with Crippen LogP contribution in [0.25, 0.3) is 0 Å². The van der Waals surface area contributed by atoms with Gasteiger partial charge in [-0.1, -0.05) is 11.6 Å². The Morgan fingerprint density at radius 1 is 1.23 bits per heavy atom. The third kappa shape index (κ3) is 6.82. The SMILES string of the molecule is CCNC(=NCCCCN1CCN(C)CC1)N(C)Cc1cc(Cl)cn1C. The van der Waals surface area contributed by atoms with E-state index >= 15 is 0 Å². The fourth-order valence-electron chi connectivity index (χ4n) is 3.21. The van der Waals surface area contributed by atoms with E-state index in [2.05, 4.69) is 45.6 Å². The van der Waals surface area contributed by atoms with Crippen LogP contribution in [0.15, 0.2) is 17.3 Å². The van der Waals surface area contributed by atoms with E-state index in [1.165, 1.54) is 44.8 Å². The average Bonchev–Trinajstić information content (AvgIpc) is 2.92. The van der Waals surface area contributed by atoms with Crippen LogP contribution in [0, 0.1) is 0 Å². The minimum Gasteiger partial charge on any atom is -0.357 e. The van der Waals surface area contributed by atoms with E-state index < -0.39 is 0 Å². The Hall–Kier alpha value is -1.24. The van der Waals surface area contributed by atoms with Gasteiger partial charge in [-0.3, -0.25) is 4.99 Å². The maximum atomic E-state index is 6.09. The molecule has 1 aliphatic rings. The summed E-state index contributed by atoms with van der Waals surface area (Å²) in [5.74, 6) is 0.962. The van der Waals surface area contributed by atoms with Crippen molar-refractivity contribution in [3.8, 4) is 0 Å². The Morgan fingerprint density at radius 2 is 1.96 bits per heavy atom. The van der Waals surface area contributed by atoms with Crippen molar-refractivity contribution in [2.24, 2.45) is 12.0 Å². The molecular weight excluding hydrogens is 348 g/mol. The van der Waals surface area contributed by atoms with E-state index in [0.29, 0.717) is 0 Å². The third-order valence-corrected chi connectivity index (χ3v) is 5.12. The van der Waals surface area contributed by atoms with Gasteiger partial charge >= 0.3 is 0 Å². The van der Waals surface area contributed by atoms with E-state index in [1.54, 1.807) is 0 Å². The van der Waals surface area contributed by atoms with Crippen molar-refractivity contribution in [2.75, 3.05) is 59.9 Å². The van der Waals surface area contributed by atoms with Gasteiger partial charge in [0.15, 0.2) is 5.96 Å². The molecule has 0 bridgehead atoms. The van der Waals surface area contributed by atoms with Gasteiger partial charge in [-0.05, 0) is 39.4 Å². The van der Waals surface area contributed by atoms with Crippen LogP contribution in [0.4, 0.5) is 0 Å². The molecule has 148 valence electrons. The summed E-state index contributed by atoms with van der Waals surface area (Å²) in [5, 5.41) is 4.17. The topological polar surface area (TPSA) is 39.0 Å². The molecule has 1 aromatic heterocycles. The van der Waals surface area contributed by atoms with Crippen molar-refractivity contribution in [2.45, 2.75) is 26.3 Å². The Labute approximate surface area is 163 Å². The zero-order chi connectivity index (χ0) is 18.9. The summed E-state index contributed by atoms with van der Waals surface area (Å²) < 4.78 is 2.07. The smallest absolute Gasteiger partial charge is 0.194 e. The first-order valence-electron chi connectivity index (χ1n) is 9.70. The van der Waals surface area contributed by atoms with Crippen molar-refractivity contribution < 1.29 is 0 Å².